The van der Waals surface area contributed by atoms with Crippen molar-refractivity contribution in [2.75, 3.05) is 14.7 Å². The summed E-state index contributed by atoms with van der Waals surface area (Å²) in [5.41, 5.74) is 19.2. The molecule has 0 amide bonds. The lowest BCUT2D eigenvalue weighted by Crippen LogP contribution is -2.13. The van der Waals surface area contributed by atoms with Crippen molar-refractivity contribution >= 4 is 51.2 Å². The summed E-state index contributed by atoms with van der Waals surface area (Å²) in [5, 5.41) is 0. The number of hydrogen-bond acceptors (Lipinski definition) is 3. The Balaban J connectivity index is 1.06. The molecule has 0 heterocycles. The number of fused-ring (bicyclic) bond motifs is 3. The number of aryl methyl sites for hydroxylation is 2. The highest BCUT2D eigenvalue weighted by atomic mass is 15.2. The molecule has 10 rings (SSSR count). The van der Waals surface area contributed by atoms with Crippen molar-refractivity contribution in [2.24, 2.45) is 0 Å². The molecule has 0 aromatic heterocycles. The third kappa shape index (κ3) is 7.01. The number of benzene rings is 9. The normalized spacial score (nSPS) is 11.8. The highest BCUT2D eigenvalue weighted by Gasteiger charge is 2.30. The van der Waals surface area contributed by atoms with Crippen molar-refractivity contribution in [1.29, 1.82) is 0 Å². The minimum Gasteiger partial charge on any atom is -0.311 e. The Bertz CT molecular complexity index is 2600. The number of para-hydroxylation sites is 4. The van der Waals surface area contributed by atoms with Crippen molar-refractivity contribution in [3.05, 3.63) is 258 Å². The van der Waals surface area contributed by atoms with E-state index in [1.807, 2.05) is 0 Å². The molecule has 9 aromatic rings. The minimum atomic E-state index is 0.180. The molecule has 0 saturated carbocycles. The van der Waals surface area contributed by atoms with Gasteiger partial charge >= 0.3 is 0 Å². The molecule has 0 saturated heterocycles. The van der Waals surface area contributed by atoms with Gasteiger partial charge in [0.2, 0.25) is 0 Å². The summed E-state index contributed by atoms with van der Waals surface area (Å²) in [4.78, 5) is 6.98. The largest absolute Gasteiger partial charge is 0.311 e. The zero-order valence-electron chi connectivity index (χ0n) is 33.9. The molecule has 0 N–H and O–H groups in total. The molecule has 0 aliphatic heterocycles. The van der Waals surface area contributed by atoms with Crippen molar-refractivity contribution in [3.8, 4) is 11.1 Å². The Morgan fingerprint density at radius 3 is 0.800 bits per heavy atom. The Kier molecular flexibility index (Phi) is 9.77. The van der Waals surface area contributed by atoms with E-state index in [4.69, 9.17) is 0 Å². The van der Waals surface area contributed by atoms with Crippen LogP contribution in [0.2, 0.25) is 0 Å². The summed E-state index contributed by atoms with van der Waals surface area (Å²) >= 11 is 0. The van der Waals surface area contributed by atoms with Crippen LogP contribution in [0.4, 0.5) is 51.2 Å². The number of nitrogens with zero attached hydrogens (tertiary/aromatic N) is 3. The predicted molar refractivity (Wildman–Crippen MR) is 253 cm³/mol. The molecule has 0 fully saturated rings. The fourth-order valence-corrected chi connectivity index (χ4v) is 8.83. The topological polar surface area (TPSA) is 9.72 Å². The lowest BCUT2D eigenvalue weighted by molar-refractivity contribution is 1.01. The van der Waals surface area contributed by atoms with Crippen molar-refractivity contribution in [1.82, 2.24) is 0 Å². The summed E-state index contributed by atoms with van der Waals surface area (Å²) in [6.07, 6.45) is 0. The molecule has 0 radical (unpaired) electrons. The molecule has 0 unspecified atom stereocenters. The zero-order valence-corrected chi connectivity index (χ0v) is 33.9. The summed E-state index contributed by atoms with van der Waals surface area (Å²) in [7, 11) is 0. The van der Waals surface area contributed by atoms with E-state index >= 15 is 0 Å². The van der Waals surface area contributed by atoms with E-state index in [-0.39, 0.29) is 5.92 Å². The molecule has 288 valence electrons. The minimum absolute atomic E-state index is 0.180. The second-order valence-corrected chi connectivity index (χ2v) is 15.6. The fraction of sp³-hybridized carbons (Fsp3) is 0.0526. The van der Waals surface area contributed by atoms with E-state index in [1.54, 1.807) is 0 Å². The van der Waals surface area contributed by atoms with Gasteiger partial charge in [0.1, 0.15) is 0 Å². The second kappa shape index (κ2) is 16.0. The van der Waals surface area contributed by atoms with E-state index in [9.17, 15) is 0 Å². The number of hydrogen-bond donors (Lipinski definition) is 0. The Hall–Kier alpha value is -7.62. The molecular formula is C57H45N3. The Labute approximate surface area is 353 Å². The van der Waals surface area contributed by atoms with Crippen LogP contribution in [-0.4, -0.2) is 0 Å². The van der Waals surface area contributed by atoms with Crippen LogP contribution in [0.3, 0.4) is 0 Å². The maximum absolute atomic E-state index is 2.38. The van der Waals surface area contributed by atoms with Gasteiger partial charge in [0.15, 0.2) is 0 Å². The fourth-order valence-electron chi connectivity index (χ4n) is 8.83. The maximum atomic E-state index is 2.38. The van der Waals surface area contributed by atoms with Gasteiger partial charge in [0, 0.05) is 57.1 Å². The SMILES string of the molecule is Cc1ccc2c(c1)C(c1ccc(N(c3ccc(N(c4ccccc4)c4ccccc4)cc3)c3ccc(N(c4ccccc4)c4ccccc4)cc3)cc1)c1cc(C)ccc1-2. The maximum Gasteiger partial charge on any atom is 0.0463 e. The lowest BCUT2D eigenvalue weighted by atomic mass is 9.88. The first-order valence-electron chi connectivity index (χ1n) is 20.7. The highest BCUT2D eigenvalue weighted by Crippen LogP contribution is 2.49. The van der Waals surface area contributed by atoms with Gasteiger partial charge in [-0.3, -0.25) is 0 Å². The van der Waals surface area contributed by atoms with Crippen LogP contribution in [0, 0.1) is 13.8 Å². The summed E-state index contributed by atoms with van der Waals surface area (Å²) in [5.74, 6) is 0.180. The Morgan fingerprint density at radius 1 is 0.267 bits per heavy atom. The standard InChI is InChI=1S/C57H45N3/c1-41-23-37-53-54-38-24-42(2)40-56(54)57(55(53)39-41)43-25-27-48(28-26-43)60(51-33-29-49(30-34-51)58(44-15-7-3-8-16-44)45-17-9-4-10-18-45)52-35-31-50(32-36-52)59(46-19-11-5-12-20-46)47-21-13-6-14-22-47/h3-40,57H,1-2H3. The van der Waals surface area contributed by atoms with Crippen LogP contribution in [0.15, 0.2) is 231 Å². The van der Waals surface area contributed by atoms with Gasteiger partial charge in [0.05, 0.1) is 0 Å². The molecule has 3 heteroatoms. The van der Waals surface area contributed by atoms with Gasteiger partial charge in [0.25, 0.3) is 0 Å². The summed E-state index contributed by atoms with van der Waals surface area (Å²) < 4.78 is 0. The van der Waals surface area contributed by atoms with Crippen molar-refractivity contribution in [2.45, 2.75) is 19.8 Å². The van der Waals surface area contributed by atoms with Gasteiger partial charge in [-0.05, 0) is 151 Å². The van der Waals surface area contributed by atoms with Gasteiger partial charge in [-0.25, -0.2) is 0 Å². The molecule has 1 aliphatic rings. The van der Waals surface area contributed by atoms with E-state index in [0.717, 1.165) is 51.2 Å². The van der Waals surface area contributed by atoms with Crippen LogP contribution >= 0.6 is 0 Å². The third-order valence-electron chi connectivity index (χ3n) is 11.6. The first-order chi connectivity index (χ1) is 29.6. The van der Waals surface area contributed by atoms with Crippen molar-refractivity contribution in [3.63, 3.8) is 0 Å². The summed E-state index contributed by atoms with van der Waals surface area (Å²) in [6.45, 7) is 4.39. The van der Waals surface area contributed by atoms with Crippen molar-refractivity contribution < 1.29 is 0 Å². The molecule has 3 nitrogen and oxygen atoms in total. The number of rotatable bonds is 10. The monoisotopic (exact) mass is 771 g/mol. The number of anilines is 9. The molecule has 60 heavy (non-hydrogen) atoms. The Morgan fingerprint density at radius 2 is 0.517 bits per heavy atom. The smallest absolute Gasteiger partial charge is 0.0463 e. The molecular weight excluding hydrogens is 727 g/mol. The molecule has 1 aliphatic carbocycles. The van der Waals surface area contributed by atoms with Gasteiger partial charge in [-0.1, -0.05) is 132 Å². The van der Waals surface area contributed by atoms with Gasteiger partial charge in [-0.2, -0.15) is 0 Å². The van der Waals surface area contributed by atoms with E-state index in [2.05, 4.69) is 259 Å². The van der Waals surface area contributed by atoms with Crippen LogP contribution in [0.1, 0.15) is 33.7 Å². The summed E-state index contributed by atoms with van der Waals surface area (Å²) in [6, 6.07) is 83.3. The highest BCUT2D eigenvalue weighted by molar-refractivity contribution is 5.85. The molecule has 0 spiro atoms. The lowest BCUT2D eigenvalue weighted by Gasteiger charge is -2.29. The van der Waals surface area contributed by atoms with Crippen LogP contribution in [0.25, 0.3) is 11.1 Å². The average molecular weight is 772 g/mol. The van der Waals surface area contributed by atoms with Gasteiger partial charge < -0.3 is 14.7 Å². The van der Waals surface area contributed by atoms with E-state index < -0.39 is 0 Å². The third-order valence-corrected chi connectivity index (χ3v) is 11.6. The van der Waals surface area contributed by atoms with Crippen LogP contribution in [0.5, 0.6) is 0 Å². The quantitative estimate of drug-likeness (QED) is 0.137. The molecule has 0 bridgehead atoms. The van der Waals surface area contributed by atoms with E-state index in [0.29, 0.717) is 0 Å². The van der Waals surface area contributed by atoms with Crippen LogP contribution < -0.4 is 14.7 Å². The predicted octanol–water partition coefficient (Wildman–Crippen LogP) is 15.9. The zero-order chi connectivity index (χ0) is 40.4. The first-order valence-corrected chi connectivity index (χ1v) is 20.7. The van der Waals surface area contributed by atoms with E-state index in [1.165, 1.54) is 38.9 Å². The average Bonchev–Trinajstić information content (AvgIpc) is 3.61. The first kappa shape index (κ1) is 36.7. The molecule has 0 atom stereocenters. The second-order valence-electron chi connectivity index (χ2n) is 15.6. The van der Waals surface area contributed by atoms with Crippen LogP contribution in [-0.2, 0) is 0 Å². The van der Waals surface area contributed by atoms with Gasteiger partial charge in [-0.15, -0.1) is 0 Å². The molecule has 9 aromatic carbocycles.